The van der Waals surface area contributed by atoms with Crippen molar-refractivity contribution in [2.24, 2.45) is 5.92 Å². The van der Waals surface area contributed by atoms with Crippen LogP contribution in [0.4, 0.5) is 0 Å². The van der Waals surface area contributed by atoms with Crippen LogP contribution < -0.4 is 0 Å². The summed E-state index contributed by atoms with van der Waals surface area (Å²) in [4.78, 5) is 9.73. The first-order valence-corrected chi connectivity index (χ1v) is 3.44. The molecule has 2 nitrogen and oxygen atoms in total. The average Bonchev–Trinajstić information content (AvgIpc) is 1.98. The first kappa shape index (κ1) is 9.37. The second kappa shape index (κ2) is 5.18. The van der Waals surface area contributed by atoms with Crippen molar-refractivity contribution in [1.82, 2.24) is 0 Å². The number of aliphatic hydroxyl groups is 1. The Bertz CT molecular complexity index is 118. The van der Waals surface area contributed by atoms with E-state index in [0.29, 0.717) is 6.42 Å². The zero-order chi connectivity index (χ0) is 7.98. The van der Waals surface area contributed by atoms with Crippen LogP contribution in [-0.2, 0) is 4.79 Å². The van der Waals surface area contributed by atoms with Crippen LogP contribution in [0.3, 0.4) is 0 Å². The molecule has 2 atom stereocenters. The molecule has 0 saturated carbocycles. The quantitative estimate of drug-likeness (QED) is 0.594. The molecule has 0 saturated heterocycles. The highest BCUT2D eigenvalue weighted by Gasteiger charge is 2.06. The van der Waals surface area contributed by atoms with Crippen molar-refractivity contribution in [2.75, 3.05) is 0 Å². The van der Waals surface area contributed by atoms with Crippen LogP contribution in [0.15, 0.2) is 12.2 Å². The highest BCUT2D eigenvalue weighted by molar-refractivity contribution is 5.65. The van der Waals surface area contributed by atoms with Crippen LogP contribution in [0, 0.1) is 5.92 Å². The molecule has 0 aliphatic carbocycles. The lowest BCUT2D eigenvalue weighted by molar-refractivity contribution is 0.134. The van der Waals surface area contributed by atoms with Gasteiger partial charge in [0.15, 0.2) is 0 Å². The molecule has 0 spiro atoms. The number of hydrogen-bond acceptors (Lipinski definition) is 2. The highest BCUT2D eigenvalue weighted by Crippen LogP contribution is 2.06. The number of hydrogen-bond donors (Lipinski definition) is 1. The van der Waals surface area contributed by atoms with Crippen LogP contribution in [-0.4, -0.2) is 17.5 Å². The Morgan fingerprint density at radius 3 is 2.70 bits per heavy atom. The van der Waals surface area contributed by atoms with Crippen molar-refractivity contribution in [3.63, 3.8) is 0 Å². The van der Waals surface area contributed by atoms with Crippen LogP contribution in [0.5, 0.6) is 0 Å². The Balaban J connectivity index is 3.70. The molecule has 10 heavy (non-hydrogen) atoms. The molecule has 0 aliphatic heterocycles. The minimum absolute atomic E-state index is 0.0476. The number of aliphatic hydroxyl groups excluding tert-OH is 1. The minimum Gasteiger partial charge on any atom is -0.393 e. The van der Waals surface area contributed by atoms with E-state index in [0.717, 1.165) is 0 Å². The maximum Gasteiger partial charge on any atom is 0.225 e. The zero-order valence-electron chi connectivity index (χ0n) is 6.37. The SMILES string of the molecule is CC[C@@H](O)[C@@H](C)/C=C/[C]=O. The zero-order valence-corrected chi connectivity index (χ0v) is 6.37. The third kappa shape index (κ3) is 3.41. The van der Waals surface area contributed by atoms with E-state index in [4.69, 9.17) is 0 Å². The van der Waals surface area contributed by atoms with Gasteiger partial charge in [-0.1, -0.05) is 19.9 Å². The van der Waals surface area contributed by atoms with Crippen molar-refractivity contribution in [2.45, 2.75) is 26.4 Å². The van der Waals surface area contributed by atoms with E-state index in [1.165, 1.54) is 6.08 Å². The predicted molar refractivity (Wildman–Crippen MR) is 40.3 cm³/mol. The van der Waals surface area contributed by atoms with E-state index in [1.54, 1.807) is 12.4 Å². The molecule has 0 heterocycles. The molecule has 0 amide bonds. The van der Waals surface area contributed by atoms with Gasteiger partial charge in [-0.2, -0.15) is 0 Å². The molecule has 2 heteroatoms. The summed E-state index contributed by atoms with van der Waals surface area (Å²) in [5.41, 5.74) is 0. The minimum atomic E-state index is -0.343. The van der Waals surface area contributed by atoms with Gasteiger partial charge < -0.3 is 5.11 Å². The van der Waals surface area contributed by atoms with Gasteiger partial charge in [-0.3, -0.25) is 4.79 Å². The summed E-state index contributed by atoms with van der Waals surface area (Å²) in [5, 5.41) is 9.17. The second-order valence-corrected chi connectivity index (χ2v) is 2.31. The van der Waals surface area contributed by atoms with Gasteiger partial charge in [-0.25, -0.2) is 0 Å². The molecule has 0 aliphatic rings. The predicted octanol–water partition coefficient (Wildman–Crippen LogP) is 1.06. The molecule has 0 aromatic carbocycles. The summed E-state index contributed by atoms with van der Waals surface area (Å²) in [5.74, 6) is 0.0476. The summed E-state index contributed by atoms with van der Waals surface area (Å²) < 4.78 is 0. The van der Waals surface area contributed by atoms with Crippen molar-refractivity contribution < 1.29 is 9.90 Å². The Morgan fingerprint density at radius 2 is 2.30 bits per heavy atom. The summed E-state index contributed by atoms with van der Waals surface area (Å²) in [6.07, 6.45) is 4.95. The van der Waals surface area contributed by atoms with E-state index in [1.807, 2.05) is 13.8 Å². The number of rotatable bonds is 4. The molecule has 0 bridgehead atoms. The maximum absolute atomic E-state index is 9.73. The fraction of sp³-hybridized carbons (Fsp3) is 0.625. The van der Waals surface area contributed by atoms with Crippen molar-refractivity contribution >= 4 is 6.29 Å². The number of allylic oxidation sites excluding steroid dienone is 1. The largest absolute Gasteiger partial charge is 0.393 e. The lowest BCUT2D eigenvalue weighted by atomic mass is 10.0. The third-order valence-electron chi connectivity index (χ3n) is 1.49. The average molecular weight is 141 g/mol. The van der Waals surface area contributed by atoms with Crippen LogP contribution in [0.25, 0.3) is 0 Å². The fourth-order valence-electron chi connectivity index (χ4n) is 0.691. The van der Waals surface area contributed by atoms with Gasteiger partial charge in [0.25, 0.3) is 0 Å². The molecule has 0 fully saturated rings. The summed E-state index contributed by atoms with van der Waals surface area (Å²) in [6, 6.07) is 0. The smallest absolute Gasteiger partial charge is 0.225 e. The van der Waals surface area contributed by atoms with Gasteiger partial charge in [-0.15, -0.1) is 0 Å². The van der Waals surface area contributed by atoms with Crippen LogP contribution in [0.2, 0.25) is 0 Å². The standard InChI is InChI=1S/C8H13O2/c1-3-8(10)7(2)5-4-6-9/h4-5,7-8,10H,3H2,1-2H3/b5-4+/t7-,8+/m0/s1. The van der Waals surface area contributed by atoms with E-state index >= 15 is 0 Å². The van der Waals surface area contributed by atoms with Gasteiger partial charge in [0.2, 0.25) is 6.29 Å². The van der Waals surface area contributed by atoms with Gasteiger partial charge in [0, 0.05) is 5.92 Å². The van der Waals surface area contributed by atoms with Crippen molar-refractivity contribution in [3.05, 3.63) is 12.2 Å². The summed E-state index contributed by atoms with van der Waals surface area (Å²) in [6.45, 7) is 3.77. The van der Waals surface area contributed by atoms with Gasteiger partial charge in [-0.05, 0) is 12.5 Å². The lowest BCUT2D eigenvalue weighted by Crippen LogP contribution is -2.13. The molecule has 0 unspecified atom stereocenters. The third-order valence-corrected chi connectivity index (χ3v) is 1.49. The van der Waals surface area contributed by atoms with Gasteiger partial charge >= 0.3 is 0 Å². The molecule has 0 rings (SSSR count). The highest BCUT2D eigenvalue weighted by atomic mass is 16.3. The van der Waals surface area contributed by atoms with E-state index in [2.05, 4.69) is 0 Å². The Morgan fingerprint density at radius 1 is 1.70 bits per heavy atom. The molecule has 0 aromatic rings. The Kier molecular flexibility index (Phi) is 4.85. The summed E-state index contributed by atoms with van der Waals surface area (Å²) in [7, 11) is 0. The summed E-state index contributed by atoms with van der Waals surface area (Å²) >= 11 is 0. The van der Waals surface area contributed by atoms with Crippen LogP contribution >= 0.6 is 0 Å². The topological polar surface area (TPSA) is 37.3 Å². The molecular weight excluding hydrogens is 128 g/mol. The van der Waals surface area contributed by atoms with E-state index < -0.39 is 0 Å². The lowest BCUT2D eigenvalue weighted by Gasteiger charge is -2.11. The first-order valence-electron chi connectivity index (χ1n) is 3.44. The van der Waals surface area contributed by atoms with Gasteiger partial charge in [0.05, 0.1) is 6.10 Å². The molecule has 0 aromatic heterocycles. The second-order valence-electron chi connectivity index (χ2n) is 2.31. The van der Waals surface area contributed by atoms with Crippen LogP contribution in [0.1, 0.15) is 20.3 Å². The van der Waals surface area contributed by atoms with E-state index in [9.17, 15) is 9.90 Å². The molecule has 57 valence electrons. The Hall–Kier alpha value is -0.630. The van der Waals surface area contributed by atoms with Crippen molar-refractivity contribution in [3.8, 4) is 0 Å². The maximum atomic E-state index is 9.73. The van der Waals surface area contributed by atoms with E-state index in [-0.39, 0.29) is 12.0 Å². The number of carbonyl (C=O) groups excluding carboxylic acids is 1. The van der Waals surface area contributed by atoms with Gasteiger partial charge in [0.1, 0.15) is 0 Å². The molecular formula is C8H13O2. The molecule has 1 radical (unpaired) electrons. The normalized spacial score (nSPS) is 17.1. The monoisotopic (exact) mass is 141 g/mol. The first-order chi connectivity index (χ1) is 4.72. The Labute approximate surface area is 61.6 Å². The van der Waals surface area contributed by atoms with Crippen molar-refractivity contribution in [1.29, 1.82) is 0 Å². The fourth-order valence-corrected chi connectivity index (χ4v) is 0.691. The molecule has 1 N–H and O–H groups in total.